The minimum Gasteiger partial charge on any atom is -0.333 e. The van der Waals surface area contributed by atoms with E-state index in [9.17, 15) is 0 Å². The smallest absolute Gasteiger partial charge is 0.245 e. The topological polar surface area (TPSA) is 71.2 Å². The van der Waals surface area contributed by atoms with E-state index in [4.69, 9.17) is 5.73 Å². The van der Waals surface area contributed by atoms with Gasteiger partial charge in [-0.25, -0.2) is 4.98 Å². The fourth-order valence-corrected chi connectivity index (χ4v) is 2.53. The molecule has 0 bridgehead atoms. The molecule has 1 atom stereocenters. The number of anilines is 1. The van der Waals surface area contributed by atoms with Crippen molar-refractivity contribution < 1.29 is 0 Å². The molecule has 1 fully saturated rings. The van der Waals surface area contributed by atoms with Crippen molar-refractivity contribution in [1.82, 2.24) is 20.1 Å². The molecule has 1 saturated heterocycles. The third-order valence-corrected chi connectivity index (χ3v) is 3.71. The number of nitrogens with two attached hydrogens (primary N) is 1. The maximum atomic E-state index is 5.88. The summed E-state index contributed by atoms with van der Waals surface area (Å²) in [7, 11) is 2.12. The molecule has 0 amide bonds. The Morgan fingerprint density at radius 2 is 1.89 bits per heavy atom. The van der Waals surface area contributed by atoms with E-state index >= 15 is 0 Å². The highest BCUT2D eigenvalue weighted by Gasteiger charge is 2.26. The van der Waals surface area contributed by atoms with Crippen LogP contribution in [-0.4, -0.2) is 59.3 Å². The first-order chi connectivity index (χ1) is 9.19. The van der Waals surface area contributed by atoms with E-state index in [1.165, 1.54) is 0 Å². The minimum absolute atomic E-state index is 0.276. The van der Waals surface area contributed by atoms with Crippen molar-refractivity contribution >= 4 is 5.95 Å². The Balaban J connectivity index is 2.25. The summed E-state index contributed by atoms with van der Waals surface area (Å²) in [5.41, 5.74) is 7.94. The van der Waals surface area contributed by atoms with Gasteiger partial charge >= 0.3 is 0 Å². The standard InChI is InChI=1S/C13H24N6/c1-4-11-12(5-2)16-17-13(15-11)19-7-6-18(3)9-10(19)8-14/h10H,4-9,14H2,1-3H3. The average Bonchev–Trinajstić information content (AvgIpc) is 2.46. The lowest BCUT2D eigenvalue weighted by molar-refractivity contribution is 0.267. The highest BCUT2D eigenvalue weighted by molar-refractivity contribution is 5.33. The van der Waals surface area contributed by atoms with E-state index in [1.54, 1.807) is 0 Å². The molecule has 0 aliphatic carbocycles. The van der Waals surface area contributed by atoms with Gasteiger partial charge in [0.15, 0.2) is 0 Å². The first-order valence-corrected chi connectivity index (χ1v) is 7.07. The van der Waals surface area contributed by atoms with Crippen LogP contribution in [-0.2, 0) is 12.8 Å². The average molecular weight is 264 g/mol. The Morgan fingerprint density at radius 1 is 1.16 bits per heavy atom. The van der Waals surface area contributed by atoms with Crippen molar-refractivity contribution in [2.75, 3.05) is 38.1 Å². The van der Waals surface area contributed by atoms with Gasteiger partial charge in [0.05, 0.1) is 17.4 Å². The molecule has 6 nitrogen and oxygen atoms in total. The summed E-state index contributed by atoms with van der Waals surface area (Å²) in [5.74, 6) is 0.734. The van der Waals surface area contributed by atoms with E-state index in [1.807, 2.05) is 0 Å². The number of likely N-dealkylation sites (N-methyl/N-ethyl adjacent to an activating group) is 1. The van der Waals surface area contributed by atoms with E-state index in [2.05, 4.69) is 45.9 Å². The van der Waals surface area contributed by atoms with Gasteiger partial charge < -0.3 is 15.5 Å². The molecule has 0 radical (unpaired) electrons. The number of piperazine rings is 1. The molecule has 1 aromatic heterocycles. The molecule has 1 unspecified atom stereocenters. The predicted molar refractivity (Wildman–Crippen MR) is 76.3 cm³/mol. The van der Waals surface area contributed by atoms with Crippen LogP contribution in [0.2, 0.25) is 0 Å². The van der Waals surface area contributed by atoms with E-state index in [0.717, 1.165) is 49.8 Å². The van der Waals surface area contributed by atoms with Gasteiger partial charge in [0.1, 0.15) is 0 Å². The Bertz CT molecular complexity index is 422. The second kappa shape index (κ2) is 6.25. The van der Waals surface area contributed by atoms with Crippen molar-refractivity contribution in [1.29, 1.82) is 0 Å². The highest BCUT2D eigenvalue weighted by atomic mass is 15.4. The first-order valence-electron chi connectivity index (χ1n) is 7.07. The molecule has 1 aliphatic rings. The van der Waals surface area contributed by atoms with Crippen molar-refractivity contribution in [3.63, 3.8) is 0 Å². The van der Waals surface area contributed by atoms with Crippen LogP contribution in [0.4, 0.5) is 5.95 Å². The molecule has 2 rings (SSSR count). The molecule has 0 aromatic carbocycles. The second-order valence-electron chi connectivity index (χ2n) is 5.06. The molecule has 2 N–H and O–H groups in total. The summed E-state index contributed by atoms with van der Waals surface area (Å²) in [6.45, 7) is 7.69. The van der Waals surface area contributed by atoms with Gasteiger partial charge in [-0.1, -0.05) is 13.8 Å². The molecule has 106 valence electrons. The van der Waals surface area contributed by atoms with Crippen LogP contribution in [0.5, 0.6) is 0 Å². The quantitative estimate of drug-likeness (QED) is 0.830. The third kappa shape index (κ3) is 3.01. The zero-order valence-electron chi connectivity index (χ0n) is 12.1. The van der Waals surface area contributed by atoms with Crippen molar-refractivity contribution in [3.8, 4) is 0 Å². The van der Waals surface area contributed by atoms with Crippen molar-refractivity contribution in [2.24, 2.45) is 5.73 Å². The fraction of sp³-hybridized carbons (Fsp3) is 0.769. The van der Waals surface area contributed by atoms with Crippen LogP contribution in [0.15, 0.2) is 0 Å². The SMILES string of the molecule is CCc1nnc(N2CCN(C)CC2CN)nc1CC. The number of aryl methyl sites for hydroxylation is 2. The van der Waals surface area contributed by atoms with Crippen LogP contribution in [0.3, 0.4) is 0 Å². The van der Waals surface area contributed by atoms with Gasteiger partial charge in [0.2, 0.25) is 5.95 Å². The molecule has 0 saturated carbocycles. The predicted octanol–water partition coefficient (Wildman–Crippen LogP) is 0.0755. The van der Waals surface area contributed by atoms with Gasteiger partial charge in [-0.2, -0.15) is 5.10 Å². The largest absolute Gasteiger partial charge is 0.333 e. The van der Waals surface area contributed by atoms with Crippen LogP contribution < -0.4 is 10.6 Å². The molecular formula is C13H24N6. The normalized spacial score (nSPS) is 20.8. The van der Waals surface area contributed by atoms with Crippen LogP contribution in [0.25, 0.3) is 0 Å². The number of hydrogen-bond donors (Lipinski definition) is 1. The van der Waals surface area contributed by atoms with Gasteiger partial charge in [-0.15, -0.1) is 5.10 Å². The molecule has 1 aromatic rings. The second-order valence-corrected chi connectivity index (χ2v) is 5.06. The summed E-state index contributed by atoms with van der Waals surface area (Å²) in [6, 6.07) is 0.276. The zero-order chi connectivity index (χ0) is 13.8. The Morgan fingerprint density at radius 3 is 2.53 bits per heavy atom. The number of aromatic nitrogens is 3. The lowest BCUT2D eigenvalue weighted by atomic mass is 10.2. The maximum Gasteiger partial charge on any atom is 0.245 e. The highest BCUT2D eigenvalue weighted by Crippen LogP contribution is 2.16. The molecular weight excluding hydrogens is 240 g/mol. The summed E-state index contributed by atoms with van der Waals surface area (Å²) in [6.07, 6.45) is 1.78. The zero-order valence-corrected chi connectivity index (χ0v) is 12.1. The molecule has 2 heterocycles. The van der Waals surface area contributed by atoms with Crippen LogP contribution in [0, 0.1) is 0 Å². The number of nitrogens with zero attached hydrogens (tertiary/aromatic N) is 5. The van der Waals surface area contributed by atoms with Gasteiger partial charge in [-0.05, 0) is 19.9 Å². The van der Waals surface area contributed by atoms with E-state index in [0.29, 0.717) is 6.54 Å². The lowest BCUT2D eigenvalue weighted by Gasteiger charge is -2.39. The molecule has 0 spiro atoms. The Kier molecular flexibility index (Phi) is 4.66. The molecule has 1 aliphatic heterocycles. The summed E-state index contributed by atoms with van der Waals surface area (Å²) in [5, 5.41) is 8.62. The summed E-state index contributed by atoms with van der Waals surface area (Å²) >= 11 is 0. The Labute approximate surface area is 115 Å². The molecule has 19 heavy (non-hydrogen) atoms. The summed E-state index contributed by atoms with van der Waals surface area (Å²) in [4.78, 5) is 9.18. The third-order valence-electron chi connectivity index (χ3n) is 3.71. The fourth-order valence-electron chi connectivity index (χ4n) is 2.53. The lowest BCUT2D eigenvalue weighted by Crippen LogP contribution is -2.55. The minimum atomic E-state index is 0.276. The summed E-state index contributed by atoms with van der Waals surface area (Å²) < 4.78 is 0. The van der Waals surface area contributed by atoms with Gasteiger partial charge in [0, 0.05) is 26.2 Å². The van der Waals surface area contributed by atoms with Gasteiger partial charge in [0.25, 0.3) is 0 Å². The Hall–Kier alpha value is -1.27. The number of rotatable bonds is 4. The number of hydrogen-bond acceptors (Lipinski definition) is 6. The van der Waals surface area contributed by atoms with Gasteiger partial charge in [-0.3, -0.25) is 0 Å². The monoisotopic (exact) mass is 264 g/mol. The van der Waals surface area contributed by atoms with Crippen LogP contribution >= 0.6 is 0 Å². The van der Waals surface area contributed by atoms with Crippen molar-refractivity contribution in [3.05, 3.63) is 11.4 Å². The van der Waals surface area contributed by atoms with Crippen LogP contribution in [0.1, 0.15) is 25.2 Å². The first kappa shape index (κ1) is 14.1. The molecule has 6 heteroatoms. The maximum absolute atomic E-state index is 5.88. The van der Waals surface area contributed by atoms with E-state index in [-0.39, 0.29) is 6.04 Å². The van der Waals surface area contributed by atoms with E-state index < -0.39 is 0 Å². The van der Waals surface area contributed by atoms with Crippen molar-refractivity contribution in [2.45, 2.75) is 32.7 Å².